The molecule has 2 aromatic carbocycles. The number of aromatic nitrogens is 2. The van der Waals surface area contributed by atoms with Gasteiger partial charge in [0.2, 0.25) is 5.91 Å². The van der Waals surface area contributed by atoms with Crippen LogP contribution in [-0.2, 0) is 11.2 Å². The minimum Gasteiger partial charge on any atom is -0.302 e. The number of aromatic amines is 2. The van der Waals surface area contributed by atoms with Gasteiger partial charge >= 0.3 is 0 Å². The molecule has 0 spiro atoms. The smallest absolute Gasteiger partial charge is 0.267 e. The van der Waals surface area contributed by atoms with Crippen LogP contribution < -0.4 is 11.0 Å². The summed E-state index contributed by atoms with van der Waals surface area (Å²) in [6.45, 7) is 3.58. The van der Waals surface area contributed by atoms with Crippen LogP contribution in [0.5, 0.6) is 0 Å². The summed E-state index contributed by atoms with van der Waals surface area (Å²) in [5, 5.41) is 11.5. The molecule has 0 fully saturated rings. The molecule has 3 aromatic rings. The number of hydrogen-bond donors (Lipinski definition) is 3. The maximum absolute atomic E-state index is 12.0. The number of fused-ring (bicyclic) bond motifs is 1. The lowest BCUT2D eigenvalue weighted by atomic mass is 10.0. The Morgan fingerprint density at radius 3 is 2.62 bits per heavy atom. The van der Waals surface area contributed by atoms with Crippen LogP contribution in [0.25, 0.3) is 10.8 Å². The lowest BCUT2D eigenvalue weighted by Crippen LogP contribution is -2.24. The average Bonchev–Trinajstić information content (AvgIpc) is 2.91. The van der Waals surface area contributed by atoms with Crippen LogP contribution in [0.4, 0.5) is 0 Å². The molecule has 0 aliphatic rings. The summed E-state index contributed by atoms with van der Waals surface area (Å²) in [6.07, 6.45) is -0.0169. The summed E-state index contributed by atoms with van der Waals surface area (Å²) in [6, 6.07) is 14.0. The largest absolute Gasteiger partial charge is 0.302 e. The molecule has 0 radical (unpaired) electrons. The third kappa shape index (κ3) is 3.12. The number of hydrogen-bond acceptors (Lipinski definition) is 3. The zero-order valence-electron chi connectivity index (χ0n) is 13.5. The van der Waals surface area contributed by atoms with Gasteiger partial charge in [-0.3, -0.25) is 14.7 Å². The van der Waals surface area contributed by atoms with Crippen molar-refractivity contribution in [3.8, 4) is 0 Å². The van der Waals surface area contributed by atoms with Crippen molar-refractivity contribution in [2.24, 2.45) is 5.10 Å². The molecular weight excluding hydrogens is 304 g/mol. The third-order valence-electron chi connectivity index (χ3n) is 3.96. The number of amides is 1. The van der Waals surface area contributed by atoms with Gasteiger partial charge in [0.1, 0.15) is 0 Å². The van der Waals surface area contributed by atoms with E-state index in [1.165, 1.54) is 0 Å². The first kappa shape index (κ1) is 15.7. The van der Waals surface area contributed by atoms with Crippen LogP contribution in [0.1, 0.15) is 23.7 Å². The monoisotopic (exact) mass is 322 g/mol. The second-order valence-electron chi connectivity index (χ2n) is 5.62. The van der Waals surface area contributed by atoms with Gasteiger partial charge in [-0.2, -0.15) is 5.10 Å². The normalized spacial score (nSPS) is 11.7. The molecule has 24 heavy (non-hydrogen) atoms. The molecule has 0 saturated heterocycles. The standard InChI is InChI=1S/C18H18N4O2/c1-11(14-9-5-7-13-6-3-4-8-15(13)14)19-21-17(23)10-16-12(2)20-22-18(16)24/h3-9H,10H2,1-2H3,(H,21,23)(H2,20,22,24). The molecule has 0 atom stereocenters. The summed E-state index contributed by atoms with van der Waals surface area (Å²) in [5.41, 5.74) is 4.99. The van der Waals surface area contributed by atoms with E-state index in [1.807, 2.05) is 49.4 Å². The number of carbonyl (C=O) groups is 1. The highest BCUT2D eigenvalue weighted by atomic mass is 16.2. The minimum atomic E-state index is -0.331. The lowest BCUT2D eigenvalue weighted by molar-refractivity contribution is -0.120. The van der Waals surface area contributed by atoms with Crippen molar-refractivity contribution in [2.75, 3.05) is 0 Å². The fourth-order valence-electron chi connectivity index (χ4n) is 2.63. The van der Waals surface area contributed by atoms with Crippen molar-refractivity contribution in [3.05, 3.63) is 69.6 Å². The molecule has 1 aromatic heterocycles. The van der Waals surface area contributed by atoms with E-state index in [0.717, 1.165) is 16.3 Å². The molecule has 122 valence electrons. The van der Waals surface area contributed by atoms with E-state index < -0.39 is 0 Å². The van der Waals surface area contributed by atoms with Gasteiger partial charge in [-0.1, -0.05) is 42.5 Å². The molecular formula is C18H18N4O2. The molecule has 3 N–H and O–H groups in total. The second-order valence-corrected chi connectivity index (χ2v) is 5.62. The molecule has 0 aliphatic heterocycles. The van der Waals surface area contributed by atoms with E-state index in [0.29, 0.717) is 17.0 Å². The average molecular weight is 322 g/mol. The Morgan fingerprint density at radius 1 is 1.12 bits per heavy atom. The van der Waals surface area contributed by atoms with Gasteiger partial charge in [0.05, 0.1) is 12.1 Å². The van der Waals surface area contributed by atoms with E-state index in [2.05, 4.69) is 20.7 Å². The number of rotatable bonds is 4. The van der Waals surface area contributed by atoms with E-state index in [-0.39, 0.29) is 17.9 Å². The first-order chi connectivity index (χ1) is 11.6. The van der Waals surface area contributed by atoms with Crippen LogP contribution in [0.3, 0.4) is 0 Å². The Balaban J connectivity index is 1.78. The van der Waals surface area contributed by atoms with Crippen molar-refractivity contribution in [3.63, 3.8) is 0 Å². The lowest BCUT2D eigenvalue weighted by Gasteiger charge is -2.06. The van der Waals surface area contributed by atoms with E-state index in [9.17, 15) is 9.59 Å². The molecule has 0 bridgehead atoms. The van der Waals surface area contributed by atoms with E-state index in [1.54, 1.807) is 6.92 Å². The maximum atomic E-state index is 12.0. The van der Waals surface area contributed by atoms with Gasteiger partial charge in [0, 0.05) is 16.8 Å². The van der Waals surface area contributed by atoms with Gasteiger partial charge < -0.3 is 5.10 Å². The summed E-state index contributed by atoms with van der Waals surface area (Å²) in [4.78, 5) is 23.6. The number of aryl methyl sites for hydroxylation is 1. The number of nitrogens with one attached hydrogen (secondary N) is 3. The molecule has 1 amide bonds. The topological polar surface area (TPSA) is 90.1 Å². The van der Waals surface area contributed by atoms with Crippen molar-refractivity contribution < 1.29 is 4.79 Å². The molecule has 0 unspecified atom stereocenters. The van der Waals surface area contributed by atoms with Crippen LogP contribution >= 0.6 is 0 Å². The zero-order valence-corrected chi connectivity index (χ0v) is 13.5. The molecule has 1 heterocycles. The highest BCUT2D eigenvalue weighted by Crippen LogP contribution is 2.19. The van der Waals surface area contributed by atoms with Gasteiger partial charge in [-0.05, 0) is 24.6 Å². The molecule has 6 heteroatoms. The predicted molar refractivity (Wildman–Crippen MR) is 94.2 cm³/mol. The fourth-order valence-corrected chi connectivity index (χ4v) is 2.63. The van der Waals surface area contributed by atoms with Gasteiger partial charge in [0.15, 0.2) is 0 Å². The Morgan fingerprint density at radius 2 is 1.88 bits per heavy atom. The van der Waals surface area contributed by atoms with Crippen molar-refractivity contribution in [2.45, 2.75) is 20.3 Å². The Hall–Kier alpha value is -3.15. The molecule has 3 rings (SSSR count). The van der Waals surface area contributed by atoms with Crippen LogP contribution in [-0.4, -0.2) is 21.8 Å². The summed E-state index contributed by atoms with van der Waals surface area (Å²) in [5.74, 6) is -0.331. The summed E-state index contributed by atoms with van der Waals surface area (Å²) >= 11 is 0. The fraction of sp³-hybridized carbons (Fsp3) is 0.167. The van der Waals surface area contributed by atoms with Crippen molar-refractivity contribution in [1.82, 2.24) is 15.6 Å². The number of nitrogens with zero attached hydrogens (tertiary/aromatic N) is 1. The Kier molecular flexibility index (Phi) is 4.29. The first-order valence-corrected chi connectivity index (χ1v) is 7.63. The number of carbonyl (C=O) groups excluding carboxylic acids is 1. The highest BCUT2D eigenvalue weighted by Gasteiger charge is 2.11. The molecule has 0 saturated carbocycles. The maximum Gasteiger partial charge on any atom is 0.267 e. The third-order valence-corrected chi connectivity index (χ3v) is 3.96. The van der Waals surface area contributed by atoms with Crippen molar-refractivity contribution >= 4 is 22.4 Å². The van der Waals surface area contributed by atoms with Crippen LogP contribution in [0.2, 0.25) is 0 Å². The molecule has 0 aliphatic carbocycles. The SMILES string of the molecule is CC(=NNC(=O)Cc1c(C)[nH][nH]c1=O)c1cccc2ccccc12. The van der Waals surface area contributed by atoms with Crippen LogP contribution in [0.15, 0.2) is 52.4 Å². The zero-order chi connectivity index (χ0) is 17.1. The van der Waals surface area contributed by atoms with Gasteiger partial charge in [0.25, 0.3) is 5.56 Å². The number of hydrazone groups is 1. The Labute approximate surface area is 138 Å². The summed E-state index contributed by atoms with van der Waals surface area (Å²) in [7, 11) is 0. The second kappa shape index (κ2) is 6.54. The summed E-state index contributed by atoms with van der Waals surface area (Å²) < 4.78 is 0. The number of benzene rings is 2. The van der Waals surface area contributed by atoms with Gasteiger partial charge in [-0.15, -0.1) is 0 Å². The van der Waals surface area contributed by atoms with Crippen molar-refractivity contribution in [1.29, 1.82) is 0 Å². The molecule has 6 nitrogen and oxygen atoms in total. The van der Waals surface area contributed by atoms with Gasteiger partial charge in [-0.25, -0.2) is 5.43 Å². The Bertz CT molecular complexity index is 977. The van der Waals surface area contributed by atoms with Crippen LogP contribution in [0, 0.1) is 6.92 Å². The van der Waals surface area contributed by atoms with E-state index >= 15 is 0 Å². The predicted octanol–water partition coefficient (Wildman–Crippen LogP) is 2.25. The quantitative estimate of drug-likeness (QED) is 0.508. The first-order valence-electron chi connectivity index (χ1n) is 7.63. The van der Waals surface area contributed by atoms with E-state index in [4.69, 9.17) is 0 Å². The highest BCUT2D eigenvalue weighted by molar-refractivity contribution is 6.09. The number of H-pyrrole nitrogens is 2. The minimum absolute atomic E-state index is 0.0169.